The molecule has 0 spiro atoms. The molecule has 0 radical (unpaired) electrons. The van der Waals surface area contributed by atoms with Crippen molar-refractivity contribution in [3.8, 4) is 0 Å². The monoisotopic (exact) mass is 297 g/mol. The molecular weight excluding hydrogens is 282 g/mol. The molecule has 0 unspecified atom stereocenters. The fraction of sp³-hybridized carbons (Fsp3) is 0.235. The molecule has 0 fully saturated rings. The van der Waals surface area contributed by atoms with Crippen LogP contribution in [0.5, 0.6) is 0 Å². The molecular formula is C17H16ClN3. The third-order valence-corrected chi connectivity index (χ3v) is 4.26. The number of halogens is 1. The van der Waals surface area contributed by atoms with Gasteiger partial charge < -0.3 is 9.72 Å². The predicted octanol–water partition coefficient (Wildman–Crippen LogP) is 4.09. The Labute approximate surface area is 128 Å². The van der Waals surface area contributed by atoms with Crippen molar-refractivity contribution < 1.29 is 0 Å². The highest BCUT2D eigenvalue weighted by molar-refractivity contribution is 6.30. The summed E-state index contributed by atoms with van der Waals surface area (Å²) in [6, 6.07) is 10.5. The first-order chi connectivity index (χ1) is 10.3. The van der Waals surface area contributed by atoms with Crippen LogP contribution in [-0.4, -0.2) is 9.38 Å². The zero-order valence-electron chi connectivity index (χ0n) is 11.6. The van der Waals surface area contributed by atoms with E-state index < -0.39 is 0 Å². The maximum absolute atomic E-state index is 5.99. The summed E-state index contributed by atoms with van der Waals surface area (Å²) in [6.07, 6.45) is 7.61. The van der Waals surface area contributed by atoms with Gasteiger partial charge in [0.2, 0.25) is 0 Å². The summed E-state index contributed by atoms with van der Waals surface area (Å²) in [5.74, 6) is 0. The largest absolute Gasteiger partial charge is 0.379 e. The van der Waals surface area contributed by atoms with Gasteiger partial charge >= 0.3 is 0 Å². The quantitative estimate of drug-likeness (QED) is 0.789. The average molecular weight is 298 g/mol. The van der Waals surface area contributed by atoms with Crippen molar-refractivity contribution in [3.05, 3.63) is 64.6 Å². The van der Waals surface area contributed by atoms with Crippen LogP contribution in [0.1, 0.15) is 23.2 Å². The SMILES string of the molecule is Clc1ccc2nc(CNc3ccc4c(c3)CCC4)cn2c1. The topological polar surface area (TPSA) is 29.3 Å². The molecule has 4 rings (SSSR count). The van der Waals surface area contributed by atoms with E-state index in [4.69, 9.17) is 11.6 Å². The first kappa shape index (κ1) is 12.7. The lowest BCUT2D eigenvalue weighted by molar-refractivity contribution is 0.912. The Morgan fingerprint density at radius 3 is 2.95 bits per heavy atom. The van der Waals surface area contributed by atoms with E-state index in [0.717, 1.165) is 22.9 Å². The van der Waals surface area contributed by atoms with Gasteiger partial charge in [0.25, 0.3) is 0 Å². The van der Waals surface area contributed by atoms with E-state index in [9.17, 15) is 0 Å². The predicted molar refractivity (Wildman–Crippen MR) is 86.0 cm³/mol. The lowest BCUT2D eigenvalue weighted by Crippen LogP contribution is -2.00. The van der Waals surface area contributed by atoms with Crippen LogP contribution in [0.2, 0.25) is 5.02 Å². The van der Waals surface area contributed by atoms with E-state index in [1.807, 2.05) is 28.9 Å². The van der Waals surface area contributed by atoms with Crippen LogP contribution in [0.3, 0.4) is 0 Å². The Morgan fingerprint density at radius 2 is 2.00 bits per heavy atom. The molecule has 0 saturated heterocycles. The van der Waals surface area contributed by atoms with E-state index in [1.165, 1.54) is 36.1 Å². The summed E-state index contributed by atoms with van der Waals surface area (Å²) in [6.45, 7) is 0.720. The number of benzene rings is 1. The normalized spacial score (nSPS) is 13.6. The Kier molecular flexibility index (Phi) is 3.08. The number of nitrogens with one attached hydrogen (secondary N) is 1. The van der Waals surface area contributed by atoms with E-state index in [0.29, 0.717) is 0 Å². The van der Waals surface area contributed by atoms with Gasteiger partial charge in [-0.2, -0.15) is 0 Å². The summed E-state index contributed by atoms with van der Waals surface area (Å²) < 4.78 is 1.96. The molecule has 0 saturated carbocycles. The number of nitrogens with zero attached hydrogens (tertiary/aromatic N) is 2. The van der Waals surface area contributed by atoms with E-state index in [1.54, 1.807) is 0 Å². The third-order valence-electron chi connectivity index (χ3n) is 4.04. The Balaban J connectivity index is 1.52. The van der Waals surface area contributed by atoms with Gasteiger partial charge in [-0.15, -0.1) is 0 Å². The smallest absolute Gasteiger partial charge is 0.137 e. The average Bonchev–Trinajstić information content (AvgIpc) is 3.09. The molecule has 2 heterocycles. The van der Waals surface area contributed by atoms with E-state index in [-0.39, 0.29) is 0 Å². The van der Waals surface area contributed by atoms with Crippen LogP contribution < -0.4 is 5.32 Å². The molecule has 3 aromatic rings. The number of aryl methyl sites for hydroxylation is 2. The first-order valence-electron chi connectivity index (χ1n) is 7.27. The second-order valence-corrected chi connectivity index (χ2v) is 5.97. The number of hydrogen-bond donors (Lipinski definition) is 1. The summed E-state index contributed by atoms with van der Waals surface area (Å²) in [4.78, 5) is 4.58. The summed E-state index contributed by atoms with van der Waals surface area (Å²) >= 11 is 5.99. The molecule has 1 aliphatic carbocycles. The fourth-order valence-electron chi connectivity index (χ4n) is 2.98. The molecule has 21 heavy (non-hydrogen) atoms. The molecule has 2 aromatic heterocycles. The minimum atomic E-state index is 0.720. The number of imidazole rings is 1. The number of hydrogen-bond acceptors (Lipinski definition) is 2. The van der Waals surface area contributed by atoms with Crippen LogP contribution in [0, 0.1) is 0 Å². The molecule has 1 aromatic carbocycles. The maximum Gasteiger partial charge on any atom is 0.137 e. The molecule has 4 heteroatoms. The maximum atomic E-state index is 5.99. The highest BCUT2D eigenvalue weighted by atomic mass is 35.5. The van der Waals surface area contributed by atoms with E-state index in [2.05, 4.69) is 28.5 Å². The van der Waals surface area contributed by atoms with Gasteiger partial charge in [-0.25, -0.2) is 4.98 Å². The number of rotatable bonds is 3. The van der Waals surface area contributed by atoms with Crippen LogP contribution >= 0.6 is 11.6 Å². The minimum Gasteiger partial charge on any atom is -0.379 e. The molecule has 1 N–H and O–H groups in total. The van der Waals surface area contributed by atoms with E-state index >= 15 is 0 Å². The molecule has 106 valence electrons. The Hall–Kier alpha value is -2.00. The minimum absolute atomic E-state index is 0.720. The summed E-state index contributed by atoms with van der Waals surface area (Å²) in [5, 5.41) is 4.18. The van der Waals surface area contributed by atoms with Gasteiger partial charge in [0, 0.05) is 18.1 Å². The van der Waals surface area contributed by atoms with Gasteiger partial charge in [-0.3, -0.25) is 0 Å². The lowest BCUT2D eigenvalue weighted by atomic mass is 10.1. The van der Waals surface area contributed by atoms with Crippen molar-refractivity contribution in [1.29, 1.82) is 0 Å². The van der Waals surface area contributed by atoms with Crippen LogP contribution in [-0.2, 0) is 19.4 Å². The van der Waals surface area contributed by atoms with Crippen molar-refractivity contribution in [2.45, 2.75) is 25.8 Å². The van der Waals surface area contributed by atoms with Gasteiger partial charge in [-0.05, 0) is 54.7 Å². The van der Waals surface area contributed by atoms with Crippen LogP contribution in [0.4, 0.5) is 5.69 Å². The van der Waals surface area contributed by atoms with Crippen LogP contribution in [0.25, 0.3) is 5.65 Å². The number of anilines is 1. The van der Waals surface area contributed by atoms with Gasteiger partial charge in [0.05, 0.1) is 17.3 Å². The number of fused-ring (bicyclic) bond motifs is 2. The lowest BCUT2D eigenvalue weighted by Gasteiger charge is -2.06. The molecule has 1 aliphatic rings. The van der Waals surface area contributed by atoms with Crippen LogP contribution in [0.15, 0.2) is 42.7 Å². The summed E-state index contributed by atoms with van der Waals surface area (Å²) in [5.41, 5.74) is 6.10. The molecule has 0 atom stereocenters. The van der Waals surface area contributed by atoms with Crippen molar-refractivity contribution in [2.75, 3.05) is 5.32 Å². The van der Waals surface area contributed by atoms with Gasteiger partial charge in [-0.1, -0.05) is 17.7 Å². The second kappa shape index (κ2) is 5.08. The first-order valence-corrected chi connectivity index (χ1v) is 7.64. The number of aromatic nitrogens is 2. The molecule has 0 amide bonds. The highest BCUT2D eigenvalue weighted by Gasteiger charge is 2.10. The van der Waals surface area contributed by atoms with Crippen molar-refractivity contribution in [2.24, 2.45) is 0 Å². The third kappa shape index (κ3) is 2.49. The zero-order chi connectivity index (χ0) is 14.2. The van der Waals surface area contributed by atoms with Gasteiger partial charge in [0.1, 0.15) is 5.65 Å². The second-order valence-electron chi connectivity index (χ2n) is 5.54. The molecule has 0 bridgehead atoms. The van der Waals surface area contributed by atoms with Crippen molar-refractivity contribution in [3.63, 3.8) is 0 Å². The Morgan fingerprint density at radius 1 is 1.10 bits per heavy atom. The highest BCUT2D eigenvalue weighted by Crippen LogP contribution is 2.25. The standard InChI is InChI=1S/C17H16ClN3/c18-14-5-7-17-20-16(11-21(17)10-14)9-19-15-6-4-12-2-1-3-13(12)8-15/h4-8,10-11,19H,1-3,9H2. The van der Waals surface area contributed by atoms with Crippen molar-refractivity contribution >= 4 is 22.9 Å². The summed E-state index contributed by atoms with van der Waals surface area (Å²) in [7, 11) is 0. The van der Waals surface area contributed by atoms with Crippen molar-refractivity contribution in [1.82, 2.24) is 9.38 Å². The zero-order valence-corrected chi connectivity index (χ0v) is 12.4. The fourth-order valence-corrected chi connectivity index (χ4v) is 3.14. The Bertz CT molecular complexity index is 807. The number of pyridine rings is 1. The molecule has 3 nitrogen and oxygen atoms in total. The molecule has 0 aliphatic heterocycles. The van der Waals surface area contributed by atoms with Gasteiger partial charge in [0.15, 0.2) is 0 Å².